The van der Waals surface area contributed by atoms with Gasteiger partial charge in [-0.25, -0.2) is 0 Å². The fourth-order valence-corrected chi connectivity index (χ4v) is 3.40. The summed E-state index contributed by atoms with van der Waals surface area (Å²) in [5, 5.41) is 8.99. The molecule has 0 radical (unpaired) electrons. The minimum absolute atomic E-state index is 0.0248. The van der Waals surface area contributed by atoms with E-state index in [1.54, 1.807) is 0 Å². The van der Waals surface area contributed by atoms with Gasteiger partial charge in [0.2, 0.25) is 0 Å². The molecule has 1 saturated heterocycles. The van der Waals surface area contributed by atoms with Crippen LogP contribution in [0.5, 0.6) is 0 Å². The maximum Gasteiger partial charge on any atom is 0.303 e. The van der Waals surface area contributed by atoms with E-state index in [1.165, 1.54) is 16.8 Å². The Hall–Kier alpha value is -1.51. The predicted octanol–water partition coefficient (Wildman–Crippen LogP) is 3.38. The number of carboxylic acid groups (broad SMARTS) is 1. The lowest BCUT2D eigenvalue weighted by Gasteiger charge is -2.36. The van der Waals surface area contributed by atoms with Crippen molar-refractivity contribution in [1.82, 2.24) is 0 Å². The van der Waals surface area contributed by atoms with Crippen molar-refractivity contribution >= 4 is 11.7 Å². The molecule has 2 rings (SSSR count). The van der Waals surface area contributed by atoms with Crippen LogP contribution in [0, 0.1) is 19.8 Å². The van der Waals surface area contributed by atoms with Crippen molar-refractivity contribution in [3.63, 3.8) is 0 Å². The largest absolute Gasteiger partial charge is 0.481 e. The van der Waals surface area contributed by atoms with E-state index in [2.05, 4.69) is 50.8 Å². The van der Waals surface area contributed by atoms with Gasteiger partial charge < -0.3 is 10.0 Å². The first-order valence-electron chi connectivity index (χ1n) is 6.87. The average Bonchev–Trinajstić information content (AvgIpc) is 2.52. The summed E-state index contributed by atoms with van der Waals surface area (Å²) in [5.74, 6) is -0.448. The summed E-state index contributed by atoms with van der Waals surface area (Å²) in [5.41, 5.74) is 3.84. The van der Waals surface area contributed by atoms with Crippen molar-refractivity contribution in [3.05, 3.63) is 29.3 Å². The smallest absolute Gasteiger partial charge is 0.303 e. The van der Waals surface area contributed by atoms with Crippen LogP contribution in [0.3, 0.4) is 0 Å². The summed E-state index contributed by atoms with van der Waals surface area (Å²) in [6.45, 7) is 9.51. The van der Waals surface area contributed by atoms with E-state index < -0.39 is 5.97 Å². The Morgan fingerprint density at radius 1 is 1.37 bits per heavy atom. The number of para-hydroxylation sites is 1. The summed E-state index contributed by atoms with van der Waals surface area (Å²) in [4.78, 5) is 13.3. The minimum Gasteiger partial charge on any atom is -0.481 e. The molecule has 0 saturated carbocycles. The third-order valence-corrected chi connectivity index (χ3v) is 4.13. The van der Waals surface area contributed by atoms with Gasteiger partial charge in [0.25, 0.3) is 0 Å². The number of hydrogen-bond acceptors (Lipinski definition) is 2. The van der Waals surface area contributed by atoms with Crippen LogP contribution < -0.4 is 4.90 Å². The fraction of sp³-hybridized carbons (Fsp3) is 0.562. The summed E-state index contributed by atoms with van der Waals surface area (Å²) in [6.07, 6.45) is 1.21. The number of aryl methyl sites for hydroxylation is 2. The zero-order valence-electron chi connectivity index (χ0n) is 12.2. The summed E-state index contributed by atoms with van der Waals surface area (Å²) < 4.78 is 0. The molecule has 1 aromatic carbocycles. The molecule has 1 aromatic rings. The third-order valence-electron chi connectivity index (χ3n) is 4.13. The maximum atomic E-state index is 10.9. The molecule has 1 N–H and O–H groups in total. The first-order chi connectivity index (χ1) is 8.81. The van der Waals surface area contributed by atoms with E-state index in [4.69, 9.17) is 5.11 Å². The second kappa shape index (κ2) is 4.87. The van der Waals surface area contributed by atoms with Crippen LogP contribution in [0.2, 0.25) is 0 Å². The topological polar surface area (TPSA) is 40.5 Å². The van der Waals surface area contributed by atoms with Gasteiger partial charge in [0.05, 0.1) is 0 Å². The SMILES string of the molecule is Cc1cccc(C)c1N1CC(CC(=O)O)CC1(C)C. The van der Waals surface area contributed by atoms with Crippen molar-refractivity contribution in [1.29, 1.82) is 0 Å². The van der Waals surface area contributed by atoms with Crippen LogP contribution in [0.25, 0.3) is 0 Å². The molecule has 1 aliphatic heterocycles. The van der Waals surface area contributed by atoms with Gasteiger partial charge >= 0.3 is 5.97 Å². The van der Waals surface area contributed by atoms with E-state index in [9.17, 15) is 4.79 Å². The first-order valence-corrected chi connectivity index (χ1v) is 6.87. The molecule has 1 aliphatic rings. The molecule has 0 bridgehead atoms. The van der Waals surface area contributed by atoms with Crippen molar-refractivity contribution in [2.75, 3.05) is 11.4 Å². The first kappa shape index (κ1) is 13.9. The van der Waals surface area contributed by atoms with Crippen LogP contribution in [-0.2, 0) is 4.79 Å². The van der Waals surface area contributed by atoms with Crippen molar-refractivity contribution < 1.29 is 9.90 Å². The predicted molar refractivity (Wildman–Crippen MR) is 77.7 cm³/mol. The second-order valence-corrected chi connectivity index (χ2v) is 6.33. The van der Waals surface area contributed by atoms with Crippen molar-refractivity contribution in [3.8, 4) is 0 Å². The zero-order valence-corrected chi connectivity index (χ0v) is 12.2. The van der Waals surface area contributed by atoms with E-state index in [0.29, 0.717) is 0 Å². The summed E-state index contributed by atoms with van der Waals surface area (Å²) in [7, 11) is 0. The Morgan fingerprint density at radius 3 is 2.47 bits per heavy atom. The number of aliphatic carboxylic acids is 1. The quantitative estimate of drug-likeness (QED) is 0.906. The van der Waals surface area contributed by atoms with Gasteiger partial charge in [-0.1, -0.05) is 18.2 Å². The highest BCUT2D eigenvalue weighted by Crippen LogP contribution is 2.40. The van der Waals surface area contributed by atoms with Gasteiger partial charge in [-0.3, -0.25) is 4.79 Å². The lowest BCUT2D eigenvalue weighted by molar-refractivity contribution is -0.137. The molecule has 0 amide bonds. The van der Waals surface area contributed by atoms with E-state index in [1.807, 2.05) is 0 Å². The van der Waals surface area contributed by atoms with Crippen LogP contribution in [0.15, 0.2) is 18.2 Å². The maximum absolute atomic E-state index is 10.9. The minimum atomic E-state index is -0.691. The van der Waals surface area contributed by atoms with Gasteiger partial charge in [-0.15, -0.1) is 0 Å². The number of benzene rings is 1. The Morgan fingerprint density at radius 2 is 1.95 bits per heavy atom. The van der Waals surface area contributed by atoms with Crippen LogP contribution in [0.1, 0.15) is 37.8 Å². The molecule has 0 spiro atoms. The Balaban J connectivity index is 2.31. The standard InChI is InChI=1S/C16H23NO2/c1-11-6-5-7-12(2)15(11)17-10-13(8-14(18)19)9-16(17,3)4/h5-7,13H,8-10H2,1-4H3,(H,18,19). The zero-order chi connectivity index (χ0) is 14.2. The van der Waals surface area contributed by atoms with E-state index >= 15 is 0 Å². The normalized spacial score (nSPS) is 21.7. The number of carboxylic acids is 1. The molecule has 3 nitrogen and oxygen atoms in total. The molecule has 3 heteroatoms. The molecule has 1 heterocycles. The fourth-order valence-electron chi connectivity index (χ4n) is 3.40. The lowest BCUT2D eigenvalue weighted by atomic mass is 9.94. The highest BCUT2D eigenvalue weighted by Gasteiger charge is 2.39. The van der Waals surface area contributed by atoms with E-state index in [-0.39, 0.29) is 17.9 Å². The number of hydrogen-bond donors (Lipinski definition) is 1. The average molecular weight is 261 g/mol. The van der Waals surface area contributed by atoms with Gasteiger partial charge in [0.1, 0.15) is 0 Å². The van der Waals surface area contributed by atoms with Gasteiger partial charge in [0.15, 0.2) is 0 Å². The summed E-state index contributed by atoms with van der Waals surface area (Å²) in [6, 6.07) is 6.33. The second-order valence-electron chi connectivity index (χ2n) is 6.33. The molecule has 19 heavy (non-hydrogen) atoms. The van der Waals surface area contributed by atoms with Crippen molar-refractivity contribution in [2.45, 2.75) is 46.1 Å². The number of nitrogens with zero attached hydrogens (tertiary/aromatic N) is 1. The Bertz CT molecular complexity index is 473. The molecular weight excluding hydrogens is 238 g/mol. The Kier molecular flexibility index (Phi) is 3.57. The third kappa shape index (κ3) is 2.75. The summed E-state index contributed by atoms with van der Waals surface area (Å²) >= 11 is 0. The van der Waals surface area contributed by atoms with Crippen molar-refractivity contribution in [2.24, 2.45) is 5.92 Å². The van der Waals surface area contributed by atoms with E-state index in [0.717, 1.165) is 13.0 Å². The molecule has 1 fully saturated rings. The monoisotopic (exact) mass is 261 g/mol. The van der Waals surface area contributed by atoms with Crippen LogP contribution in [-0.4, -0.2) is 23.2 Å². The molecule has 0 aliphatic carbocycles. The molecule has 1 atom stereocenters. The lowest BCUT2D eigenvalue weighted by Crippen LogP contribution is -2.39. The highest BCUT2D eigenvalue weighted by atomic mass is 16.4. The van der Waals surface area contributed by atoms with Gasteiger partial charge in [-0.2, -0.15) is 0 Å². The van der Waals surface area contributed by atoms with Crippen LogP contribution in [0.4, 0.5) is 5.69 Å². The molecule has 104 valence electrons. The van der Waals surface area contributed by atoms with Crippen LogP contribution >= 0.6 is 0 Å². The highest BCUT2D eigenvalue weighted by molar-refractivity contribution is 5.68. The molecular formula is C16H23NO2. The van der Waals surface area contributed by atoms with Gasteiger partial charge in [0, 0.05) is 24.2 Å². The number of carbonyl (C=O) groups is 1. The number of anilines is 1. The van der Waals surface area contributed by atoms with Gasteiger partial charge in [-0.05, 0) is 51.2 Å². The number of rotatable bonds is 3. The Labute approximate surface area is 115 Å². The molecule has 0 aromatic heterocycles. The molecule has 1 unspecified atom stereocenters.